The van der Waals surface area contributed by atoms with Crippen LogP contribution >= 0.6 is 15.9 Å². The fourth-order valence-corrected chi connectivity index (χ4v) is 5.44. The SMILES string of the molecule is CCCc1cc2c(C(F)(F)F)cc(=O)oc2c(CCC)c1OCCCCN1C(=O)NC(C)(c2ccc(Br)cc2)C1=O. The summed E-state index contributed by atoms with van der Waals surface area (Å²) in [4.78, 5) is 39.1. The molecular weight excluding hydrogens is 605 g/mol. The number of hydrogen-bond donors (Lipinski definition) is 1. The van der Waals surface area contributed by atoms with Crippen molar-refractivity contribution in [1.29, 1.82) is 0 Å². The maximum Gasteiger partial charge on any atom is 0.417 e. The van der Waals surface area contributed by atoms with Crippen molar-refractivity contribution >= 4 is 38.8 Å². The molecule has 0 aliphatic carbocycles. The van der Waals surface area contributed by atoms with Crippen LogP contribution in [0.2, 0.25) is 0 Å². The molecule has 7 nitrogen and oxygen atoms in total. The van der Waals surface area contributed by atoms with Gasteiger partial charge in [-0.2, -0.15) is 13.2 Å². The lowest BCUT2D eigenvalue weighted by Crippen LogP contribution is -2.41. The highest BCUT2D eigenvalue weighted by atomic mass is 79.9. The molecule has 220 valence electrons. The first-order chi connectivity index (χ1) is 19.4. The molecule has 1 aromatic heterocycles. The number of unbranched alkanes of at least 4 members (excludes halogenated alkanes) is 1. The van der Waals surface area contributed by atoms with Gasteiger partial charge in [0, 0.05) is 28.0 Å². The zero-order valence-electron chi connectivity index (χ0n) is 23.1. The lowest BCUT2D eigenvalue weighted by Gasteiger charge is -2.22. The van der Waals surface area contributed by atoms with Gasteiger partial charge in [0.1, 0.15) is 16.9 Å². The number of aryl methyl sites for hydroxylation is 2. The van der Waals surface area contributed by atoms with Crippen molar-refractivity contribution in [3.8, 4) is 5.75 Å². The van der Waals surface area contributed by atoms with Crippen LogP contribution in [-0.2, 0) is 29.4 Å². The molecule has 0 spiro atoms. The molecule has 1 atom stereocenters. The number of fused-ring (bicyclic) bond motifs is 1. The second-order valence-corrected chi connectivity index (χ2v) is 11.2. The molecule has 1 fully saturated rings. The van der Waals surface area contributed by atoms with Crippen molar-refractivity contribution in [1.82, 2.24) is 10.2 Å². The molecule has 1 aliphatic heterocycles. The summed E-state index contributed by atoms with van der Waals surface area (Å²) in [5.41, 5.74) is -1.63. The maximum atomic E-state index is 13.8. The third-order valence-electron chi connectivity index (χ3n) is 7.20. The number of alkyl halides is 3. The molecule has 0 bridgehead atoms. The first-order valence-electron chi connectivity index (χ1n) is 13.6. The summed E-state index contributed by atoms with van der Waals surface area (Å²) in [5.74, 6) is 0.0905. The van der Waals surface area contributed by atoms with Gasteiger partial charge in [0.2, 0.25) is 0 Å². The van der Waals surface area contributed by atoms with Gasteiger partial charge in [-0.1, -0.05) is 54.8 Å². The smallest absolute Gasteiger partial charge is 0.417 e. The number of ether oxygens (including phenoxy) is 1. The van der Waals surface area contributed by atoms with Crippen molar-refractivity contribution in [3.05, 3.63) is 73.5 Å². The molecule has 1 saturated heterocycles. The van der Waals surface area contributed by atoms with Crippen molar-refractivity contribution in [2.45, 2.75) is 71.0 Å². The van der Waals surface area contributed by atoms with E-state index in [1.165, 1.54) is 11.0 Å². The number of halogens is 4. The third kappa shape index (κ3) is 6.29. The minimum Gasteiger partial charge on any atom is -0.493 e. The Morgan fingerprint density at radius 2 is 1.71 bits per heavy atom. The molecule has 0 radical (unpaired) electrons. The molecule has 41 heavy (non-hydrogen) atoms. The minimum absolute atomic E-state index is 0.104. The molecular formula is C30H32BrF3N2O5. The Bertz CT molecular complexity index is 1500. The van der Waals surface area contributed by atoms with Crippen molar-refractivity contribution in [2.75, 3.05) is 13.2 Å². The number of hydrogen-bond acceptors (Lipinski definition) is 5. The summed E-state index contributed by atoms with van der Waals surface area (Å²) in [6, 6.07) is 8.61. The zero-order valence-corrected chi connectivity index (χ0v) is 24.7. The fourth-order valence-electron chi connectivity index (χ4n) is 5.18. The predicted molar refractivity (Wildman–Crippen MR) is 152 cm³/mol. The van der Waals surface area contributed by atoms with E-state index in [2.05, 4.69) is 21.2 Å². The van der Waals surface area contributed by atoms with E-state index < -0.39 is 28.9 Å². The van der Waals surface area contributed by atoms with Crippen molar-refractivity contribution in [2.24, 2.45) is 0 Å². The highest BCUT2D eigenvalue weighted by Gasteiger charge is 2.48. The van der Waals surface area contributed by atoms with Gasteiger partial charge < -0.3 is 14.5 Å². The average molecular weight is 637 g/mol. The van der Waals surface area contributed by atoms with Crippen LogP contribution in [0.4, 0.5) is 18.0 Å². The molecule has 2 aromatic carbocycles. The molecule has 4 rings (SSSR count). The van der Waals surface area contributed by atoms with Gasteiger partial charge in [-0.25, -0.2) is 9.59 Å². The Kier molecular flexibility index (Phi) is 9.16. The lowest BCUT2D eigenvalue weighted by molar-refractivity contribution is -0.136. The average Bonchev–Trinajstić information content (AvgIpc) is 3.13. The van der Waals surface area contributed by atoms with E-state index in [-0.39, 0.29) is 30.0 Å². The number of carbonyl (C=O) groups is 2. The lowest BCUT2D eigenvalue weighted by atomic mass is 9.92. The number of nitrogens with one attached hydrogen (secondary N) is 1. The molecule has 0 saturated carbocycles. The predicted octanol–water partition coefficient (Wildman–Crippen LogP) is 7.11. The number of amides is 3. The Morgan fingerprint density at radius 1 is 1.02 bits per heavy atom. The number of carbonyl (C=O) groups excluding carboxylic acids is 2. The van der Waals surface area contributed by atoms with E-state index in [1.807, 2.05) is 26.0 Å². The molecule has 3 aromatic rings. The summed E-state index contributed by atoms with van der Waals surface area (Å²) in [7, 11) is 0. The van der Waals surface area contributed by atoms with Gasteiger partial charge in [0.15, 0.2) is 0 Å². The van der Waals surface area contributed by atoms with E-state index in [9.17, 15) is 27.6 Å². The second-order valence-electron chi connectivity index (χ2n) is 10.3. The van der Waals surface area contributed by atoms with Gasteiger partial charge in [-0.05, 0) is 61.9 Å². The van der Waals surface area contributed by atoms with Crippen LogP contribution in [0.15, 0.2) is 50.1 Å². The van der Waals surface area contributed by atoms with Gasteiger partial charge in [0.05, 0.1) is 12.2 Å². The zero-order chi connectivity index (χ0) is 29.9. The Balaban J connectivity index is 1.51. The van der Waals surface area contributed by atoms with E-state index in [0.717, 1.165) is 4.47 Å². The molecule has 2 heterocycles. The Morgan fingerprint density at radius 3 is 2.34 bits per heavy atom. The summed E-state index contributed by atoms with van der Waals surface area (Å²) in [5, 5.41) is 2.64. The van der Waals surface area contributed by atoms with E-state index in [4.69, 9.17) is 9.15 Å². The molecule has 11 heteroatoms. The van der Waals surface area contributed by atoms with Crippen LogP contribution in [0.5, 0.6) is 5.75 Å². The monoisotopic (exact) mass is 636 g/mol. The van der Waals surface area contributed by atoms with E-state index >= 15 is 0 Å². The minimum atomic E-state index is -4.71. The number of imide groups is 1. The Hall–Kier alpha value is -3.34. The topological polar surface area (TPSA) is 88.8 Å². The van der Waals surface area contributed by atoms with Crippen molar-refractivity contribution < 1.29 is 31.9 Å². The van der Waals surface area contributed by atoms with Crippen LogP contribution in [-0.4, -0.2) is 30.0 Å². The third-order valence-corrected chi connectivity index (χ3v) is 7.73. The van der Waals surface area contributed by atoms with Gasteiger partial charge in [-0.3, -0.25) is 9.69 Å². The molecule has 1 N–H and O–H groups in total. The van der Waals surface area contributed by atoms with Crippen molar-refractivity contribution in [3.63, 3.8) is 0 Å². The van der Waals surface area contributed by atoms with Crippen LogP contribution < -0.4 is 15.7 Å². The number of benzene rings is 2. The normalized spacial score (nSPS) is 17.4. The molecule has 1 aliphatic rings. The standard InChI is InChI=1S/C30H32BrF3N2O5/c1-4-8-18-16-22-23(30(32,33)34)17-24(37)41-26(22)21(9-5-2)25(18)40-15-7-6-14-36-27(38)29(3,35-28(36)39)19-10-12-20(31)13-11-19/h10-13,16-17H,4-9,14-15H2,1-3H3,(H,35,39). The van der Waals surface area contributed by atoms with Gasteiger partial charge in [0.25, 0.3) is 5.91 Å². The number of urea groups is 1. The highest BCUT2D eigenvalue weighted by molar-refractivity contribution is 9.10. The maximum absolute atomic E-state index is 13.8. The fraction of sp³-hybridized carbons (Fsp3) is 0.433. The van der Waals surface area contributed by atoms with Gasteiger partial charge in [-0.15, -0.1) is 0 Å². The second kappa shape index (κ2) is 12.3. The molecule has 1 unspecified atom stereocenters. The summed E-state index contributed by atoms with van der Waals surface area (Å²) in [6.45, 7) is 5.87. The van der Waals surface area contributed by atoms with Gasteiger partial charge >= 0.3 is 17.8 Å². The van der Waals surface area contributed by atoms with Crippen LogP contribution in [0.1, 0.15) is 68.7 Å². The van der Waals surface area contributed by atoms with E-state index in [0.29, 0.717) is 67.0 Å². The van der Waals surface area contributed by atoms with Crippen LogP contribution in [0.25, 0.3) is 11.0 Å². The number of rotatable bonds is 11. The quantitative estimate of drug-likeness (QED) is 0.138. The number of nitrogens with zero attached hydrogens (tertiary/aromatic N) is 1. The first kappa shape index (κ1) is 30.6. The first-order valence-corrected chi connectivity index (χ1v) is 14.4. The molecule has 3 amide bonds. The summed E-state index contributed by atoms with van der Waals surface area (Å²) in [6.07, 6.45) is -1.65. The van der Waals surface area contributed by atoms with E-state index in [1.54, 1.807) is 19.1 Å². The van der Waals surface area contributed by atoms with Crippen LogP contribution in [0, 0.1) is 0 Å². The van der Waals surface area contributed by atoms with Crippen LogP contribution in [0.3, 0.4) is 0 Å². The highest BCUT2D eigenvalue weighted by Crippen LogP contribution is 2.40. The Labute approximate surface area is 244 Å². The summed E-state index contributed by atoms with van der Waals surface area (Å²) >= 11 is 3.37. The summed E-state index contributed by atoms with van der Waals surface area (Å²) < 4.78 is 53.7. The largest absolute Gasteiger partial charge is 0.493 e.